The standard InChI is InChI=1S/C12H6NO.Ir/c14-12-9-5-2-1-4-8(9)11-10(12)6-3-7-13-11;/h1-3,5-7H;/q-1;. The molecule has 1 aromatic carbocycles. The Bertz CT molecular complexity index is 489. The largest absolute Gasteiger partial charge is 0.304 e. The van der Waals surface area contributed by atoms with Crippen molar-refractivity contribution in [3.8, 4) is 11.3 Å². The van der Waals surface area contributed by atoms with Gasteiger partial charge in [0.15, 0.2) is 0 Å². The van der Waals surface area contributed by atoms with Crippen LogP contribution in [0, 0.1) is 6.07 Å². The van der Waals surface area contributed by atoms with Crippen molar-refractivity contribution >= 4 is 5.78 Å². The van der Waals surface area contributed by atoms with Gasteiger partial charge in [0.1, 0.15) is 5.78 Å². The fraction of sp³-hybridized carbons (Fsp3) is 0. The van der Waals surface area contributed by atoms with Gasteiger partial charge in [-0.2, -0.15) is 0 Å². The number of ketones is 1. The summed E-state index contributed by atoms with van der Waals surface area (Å²) in [5.74, 6) is 0.0555. The molecule has 1 radical (unpaired) electrons. The molecule has 1 aromatic heterocycles. The van der Waals surface area contributed by atoms with Gasteiger partial charge < -0.3 is 9.78 Å². The second-order valence-electron chi connectivity index (χ2n) is 3.19. The van der Waals surface area contributed by atoms with E-state index in [2.05, 4.69) is 11.1 Å². The predicted octanol–water partition coefficient (Wildman–Crippen LogP) is 2.09. The maximum Gasteiger partial charge on any atom is 0.145 e. The zero-order valence-corrected chi connectivity index (χ0v) is 10.0. The van der Waals surface area contributed by atoms with Crippen LogP contribution in [0.2, 0.25) is 0 Å². The van der Waals surface area contributed by atoms with E-state index in [4.69, 9.17) is 0 Å². The quantitative estimate of drug-likeness (QED) is 0.566. The first-order chi connectivity index (χ1) is 6.88. The molecule has 3 rings (SSSR count). The summed E-state index contributed by atoms with van der Waals surface area (Å²) in [5.41, 5.74) is 2.98. The number of aromatic nitrogens is 1. The van der Waals surface area contributed by atoms with E-state index < -0.39 is 0 Å². The molecular formula is C12H6IrNO-. The summed E-state index contributed by atoms with van der Waals surface area (Å²) in [5, 5.41) is 0. The molecule has 2 nitrogen and oxygen atoms in total. The van der Waals surface area contributed by atoms with E-state index in [1.165, 1.54) is 0 Å². The van der Waals surface area contributed by atoms with Crippen LogP contribution in [0.25, 0.3) is 11.3 Å². The monoisotopic (exact) mass is 373 g/mol. The molecule has 0 fully saturated rings. The Hall–Kier alpha value is -1.31. The Kier molecular flexibility index (Phi) is 2.51. The van der Waals surface area contributed by atoms with Crippen molar-refractivity contribution in [1.29, 1.82) is 0 Å². The van der Waals surface area contributed by atoms with E-state index in [1.807, 2.05) is 12.1 Å². The van der Waals surface area contributed by atoms with Crippen LogP contribution in [0.1, 0.15) is 15.9 Å². The molecule has 0 N–H and O–H groups in total. The van der Waals surface area contributed by atoms with Gasteiger partial charge in [0.25, 0.3) is 0 Å². The van der Waals surface area contributed by atoms with Gasteiger partial charge in [-0.05, 0) is 17.3 Å². The van der Waals surface area contributed by atoms with Crippen molar-refractivity contribution in [3.05, 3.63) is 53.7 Å². The van der Waals surface area contributed by atoms with E-state index in [-0.39, 0.29) is 25.9 Å². The summed E-state index contributed by atoms with van der Waals surface area (Å²) in [6.07, 6.45) is 1.70. The molecule has 0 aliphatic heterocycles. The molecular weight excluding hydrogens is 366 g/mol. The molecule has 0 spiro atoms. The maximum atomic E-state index is 11.8. The molecule has 0 saturated heterocycles. The number of rotatable bonds is 0. The fourth-order valence-electron chi connectivity index (χ4n) is 1.75. The summed E-state index contributed by atoms with van der Waals surface area (Å²) in [7, 11) is 0. The van der Waals surface area contributed by atoms with Crippen LogP contribution in [0.4, 0.5) is 0 Å². The Morgan fingerprint density at radius 2 is 1.93 bits per heavy atom. The topological polar surface area (TPSA) is 30.0 Å². The van der Waals surface area contributed by atoms with Crippen LogP contribution in [0.3, 0.4) is 0 Å². The number of fused-ring (bicyclic) bond motifs is 3. The minimum absolute atomic E-state index is 0. The van der Waals surface area contributed by atoms with Crippen LogP contribution >= 0.6 is 0 Å². The van der Waals surface area contributed by atoms with Crippen molar-refractivity contribution < 1.29 is 24.9 Å². The first-order valence-electron chi connectivity index (χ1n) is 4.39. The van der Waals surface area contributed by atoms with Crippen LogP contribution in [-0.2, 0) is 20.1 Å². The molecule has 3 heteroatoms. The Morgan fingerprint density at radius 3 is 2.80 bits per heavy atom. The molecule has 75 valence electrons. The number of hydrogen-bond donors (Lipinski definition) is 0. The Balaban J connectivity index is 0.000000853. The van der Waals surface area contributed by atoms with Gasteiger partial charge in [0, 0.05) is 26.3 Å². The molecule has 0 saturated carbocycles. The average Bonchev–Trinajstić information content (AvgIpc) is 2.55. The third-order valence-electron chi connectivity index (χ3n) is 2.39. The third-order valence-corrected chi connectivity index (χ3v) is 2.39. The van der Waals surface area contributed by atoms with Gasteiger partial charge >= 0.3 is 0 Å². The molecule has 2 aromatic rings. The molecule has 0 bridgehead atoms. The molecule has 1 aliphatic rings. The van der Waals surface area contributed by atoms with Crippen molar-refractivity contribution in [3.63, 3.8) is 0 Å². The minimum atomic E-state index is 0. The van der Waals surface area contributed by atoms with E-state index in [0.29, 0.717) is 11.1 Å². The number of hydrogen-bond acceptors (Lipinski definition) is 2. The maximum absolute atomic E-state index is 11.8. The van der Waals surface area contributed by atoms with Gasteiger partial charge in [0.2, 0.25) is 0 Å². The first-order valence-corrected chi connectivity index (χ1v) is 4.39. The Labute approximate surface area is 101 Å². The molecule has 15 heavy (non-hydrogen) atoms. The summed E-state index contributed by atoms with van der Waals surface area (Å²) >= 11 is 0. The van der Waals surface area contributed by atoms with Crippen LogP contribution in [0.15, 0.2) is 36.5 Å². The van der Waals surface area contributed by atoms with Crippen LogP contribution < -0.4 is 0 Å². The summed E-state index contributed by atoms with van der Waals surface area (Å²) in [6.45, 7) is 0. The second kappa shape index (κ2) is 3.69. The fourth-order valence-corrected chi connectivity index (χ4v) is 1.75. The van der Waals surface area contributed by atoms with Crippen molar-refractivity contribution in [2.75, 3.05) is 0 Å². The normalized spacial score (nSPS) is 11.6. The number of benzene rings is 1. The van der Waals surface area contributed by atoms with Crippen LogP contribution in [0.5, 0.6) is 0 Å². The summed E-state index contributed by atoms with van der Waals surface area (Å²) in [4.78, 5) is 16.0. The number of pyridine rings is 1. The SMILES string of the molecule is O=C1c2ccc[c-]c2-c2ncccc21.[Ir]. The van der Waals surface area contributed by atoms with E-state index >= 15 is 0 Å². The molecule has 0 amide bonds. The smallest absolute Gasteiger partial charge is 0.145 e. The number of carbonyl (C=O) groups excluding carboxylic acids is 1. The predicted molar refractivity (Wildman–Crippen MR) is 51.9 cm³/mol. The number of carbonyl (C=O) groups is 1. The molecule has 0 unspecified atom stereocenters. The molecule has 0 atom stereocenters. The van der Waals surface area contributed by atoms with Gasteiger partial charge in [-0.3, -0.25) is 0 Å². The summed E-state index contributed by atoms with van der Waals surface area (Å²) < 4.78 is 0. The minimum Gasteiger partial charge on any atom is -0.304 e. The zero-order chi connectivity index (χ0) is 9.54. The molecule has 1 aliphatic carbocycles. The van der Waals surface area contributed by atoms with Crippen molar-refractivity contribution in [2.45, 2.75) is 0 Å². The van der Waals surface area contributed by atoms with Crippen LogP contribution in [-0.4, -0.2) is 10.8 Å². The van der Waals surface area contributed by atoms with Gasteiger partial charge in [-0.25, -0.2) is 0 Å². The van der Waals surface area contributed by atoms with E-state index in [0.717, 1.165) is 11.3 Å². The van der Waals surface area contributed by atoms with E-state index in [1.54, 1.807) is 24.4 Å². The van der Waals surface area contributed by atoms with Gasteiger partial charge in [-0.15, -0.1) is 29.8 Å². The first kappa shape index (κ1) is 10.2. The van der Waals surface area contributed by atoms with Gasteiger partial charge in [0.05, 0.1) is 0 Å². The van der Waals surface area contributed by atoms with Crippen molar-refractivity contribution in [1.82, 2.24) is 4.98 Å². The zero-order valence-electron chi connectivity index (χ0n) is 7.65. The van der Waals surface area contributed by atoms with E-state index in [9.17, 15) is 4.79 Å². The van der Waals surface area contributed by atoms with Crippen molar-refractivity contribution in [2.24, 2.45) is 0 Å². The molecule has 1 heterocycles. The average molecular weight is 372 g/mol. The van der Waals surface area contributed by atoms with Gasteiger partial charge in [-0.1, -0.05) is 11.6 Å². The second-order valence-corrected chi connectivity index (χ2v) is 3.19. The Morgan fingerprint density at radius 1 is 1.13 bits per heavy atom. The number of nitrogens with zero attached hydrogens (tertiary/aromatic N) is 1. The third kappa shape index (κ3) is 1.36. The summed E-state index contributed by atoms with van der Waals surface area (Å²) in [6, 6.07) is 12.1.